The van der Waals surface area contributed by atoms with Gasteiger partial charge in [0.2, 0.25) is 5.82 Å². The summed E-state index contributed by atoms with van der Waals surface area (Å²) in [5.41, 5.74) is 2.16. The van der Waals surface area contributed by atoms with E-state index in [-0.39, 0.29) is 35.6 Å². The molecule has 12 heteroatoms. The van der Waals surface area contributed by atoms with Gasteiger partial charge in [-0.15, -0.1) is 10.2 Å². The molecule has 3 aromatic rings. The van der Waals surface area contributed by atoms with Gasteiger partial charge in [-0.3, -0.25) is 4.79 Å². The van der Waals surface area contributed by atoms with E-state index in [1.807, 2.05) is 0 Å². The first-order chi connectivity index (χ1) is 17.6. The van der Waals surface area contributed by atoms with Gasteiger partial charge in [-0.25, -0.2) is 17.8 Å². The van der Waals surface area contributed by atoms with Crippen LogP contribution in [0.5, 0.6) is 5.75 Å². The van der Waals surface area contributed by atoms with E-state index in [9.17, 15) is 17.6 Å². The standard InChI is InChI=1S/C25H31FN6O4S/c1-16-10-20(12-22(28-16)25(33)27-13-19-8-9-21(26)23(11-19)36-2)24-29-31-32(30-24)14-17-4-6-18(7-5-17)15-37(3,34)35/h8-12,17-18H,4-7,13-15H2,1-3H3,(H,27,33)/t17-,18-. The van der Waals surface area contributed by atoms with Crippen molar-refractivity contribution in [3.8, 4) is 17.1 Å². The highest BCUT2D eigenvalue weighted by atomic mass is 32.2. The lowest BCUT2D eigenvalue weighted by atomic mass is 9.83. The molecule has 4 rings (SSSR count). The van der Waals surface area contributed by atoms with Crippen LogP contribution in [0.4, 0.5) is 4.39 Å². The Morgan fingerprint density at radius 3 is 2.59 bits per heavy atom. The van der Waals surface area contributed by atoms with Crippen LogP contribution in [-0.2, 0) is 22.9 Å². The SMILES string of the molecule is COc1cc(CNC(=O)c2cc(-c3nnn(C[C@H]4CC[C@H](CS(C)(=O)=O)CC4)n3)cc(C)n2)ccc1F. The topological polar surface area (TPSA) is 129 Å². The summed E-state index contributed by atoms with van der Waals surface area (Å²) < 4.78 is 41.7. The van der Waals surface area contributed by atoms with E-state index in [1.165, 1.54) is 25.5 Å². The predicted molar refractivity (Wildman–Crippen MR) is 135 cm³/mol. The molecular weight excluding hydrogens is 499 g/mol. The zero-order valence-electron chi connectivity index (χ0n) is 21.1. The molecule has 1 aliphatic rings. The van der Waals surface area contributed by atoms with E-state index < -0.39 is 15.7 Å². The number of nitrogens with one attached hydrogen (secondary N) is 1. The maximum Gasteiger partial charge on any atom is 0.270 e. The second kappa shape index (κ2) is 11.3. The summed E-state index contributed by atoms with van der Waals surface area (Å²) in [6.07, 6.45) is 4.90. The minimum atomic E-state index is -2.96. The summed E-state index contributed by atoms with van der Waals surface area (Å²) in [6, 6.07) is 7.81. The number of hydrogen-bond donors (Lipinski definition) is 1. The number of rotatable bonds is 9. The first-order valence-electron chi connectivity index (χ1n) is 12.1. The Hall–Kier alpha value is -3.41. The number of sulfone groups is 1. The zero-order valence-corrected chi connectivity index (χ0v) is 22.0. The molecule has 1 fully saturated rings. The fourth-order valence-corrected chi connectivity index (χ4v) is 5.87. The average Bonchev–Trinajstić information content (AvgIpc) is 3.32. The first-order valence-corrected chi connectivity index (χ1v) is 14.2. The number of pyridine rings is 1. The molecule has 1 aromatic carbocycles. The van der Waals surface area contributed by atoms with Crippen molar-refractivity contribution in [3.63, 3.8) is 0 Å². The smallest absolute Gasteiger partial charge is 0.270 e. The number of ether oxygens (including phenoxy) is 1. The predicted octanol–water partition coefficient (Wildman–Crippen LogP) is 2.97. The number of carbonyl (C=O) groups excluding carboxylic acids is 1. The number of halogens is 1. The van der Waals surface area contributed by atoms with Crippen molar-refractivity contribution in [1.29, 1.82) is 0 Å². The van der Waals surface area contributed by atoms with Crippen LogP contribution in [0.25, 0.3) is 11.4 Å². The van der Waals surface area contributed by atoms with Crippen LogP contribution in [0.3, 0.4) is 0 Å². The summed E-state index contributed by atoms with van der Waals surface area (Å²) in [5.74, 6) is 0.492. The third kappa shape index (κ3) is 7.31. The Bertz CT molecular complexity index is 1370. The van der Waals surface area contributed by atoms with Gasteiger partial charge in [0.15, 0.2) is 11.6 Å². The molecule has 0 aliphatic heterocycles. The molecule has 10 nitrogen and oxygen atoms in total. The van der Waals surface area contributed by atoms with Crippen molar-refractivity contribution in [2.45, 2.75) is 45.7 Å². The number of aryl methyl sites for hydroxylation is 1. The summed E-state index contributed by atoms with van der Waals surface area (Å²) in [5, 5.41) is 15.7. The quantitative estimate of drug-likeness (QED) is 0.447. The van der Waals surface area contributed by atoms with E-state index in [2.05, 4.69) is 25.7 Å². The van der Waals surface area contributed by atoms with Gasteiger partial charge in [-0.2, -0.15) is 4.80 Å². The van der Waals surface area contributed by atoms with Crippen LogP contribution in [0.2, 0.25) is 0 Å². The van der Waals surface area contributed by atoms with Crippen molar-refractivity contribution < 1.29 is 22.3 Å². The van der Waals surface area contributed by atoms with Gasteiger partial charge in [-0.05, 0) is 79.5 Å². The maximum atomic E-state index is 13.6. The molecule has 0 unspecified atom stereocenters. The van der Waals surface area contributed by atoms with Crippen molar-refractivity contribution in [2.75, 3.05) is 19.1 Å². The molecular formula is C25H31FN6O4S. The third-order valence-corrected chi connectivity index (χ3v) is 7.57. The van der Waals surface area contributed by atoms with E-state index in [4.69, 9.17) is 4.74 Å². The van der Waals surface area contributed by atoms with Crippen LogP contribution in [0.15, 0.2) is 30.3 Å². The Balaban J connectivity index is 1.38. The average molecular weight is 531 g/mol. The van der Waals surface area contributed by atoms with Gasteiger partial charge in [0.05, 0.1) is 19.4 Å². The molecule has 0 radical (unpaired) electrons. The maximum absolute atomic E-state index is 13.6. The third-order valence-electron chi connectivity index (χ3n) is 6.49. The fraction of sp³-hybridized carbons (Fsp3) is 0.480. The van der Waals surface area contributed by atoms with Gasteiger partial charge in [0.1, 0.15) is 15.5 Å². The second-order valence-corrected chi connectivity index (χ2v) is 11.9. The van der Waals surface area contributed by atoms with E-state index in [1.54, 1.807) is 29.9 Å². The molecule has 0 spiro atoms. The fourth-order valence-electron chi connectivity index (χ4n) is 4.68. The van der Waals surface area contributed by atoms with Gasteiger partial charge in [-0.1, -0.05) is 6.07 Å². The molecule has 1 amide bonds. The monoisotopic (exact) mass is 530 g/mol. The Morgan fingerprint density at radius 2 is 1.89 bits per heavy atom. The number of carbonyl (C=O) groups is 1. The zero-order chi connectivity index (χ0) is 26.6. The second-order valence-electron chi connectivity index (χ2n) is 9.68. The number of benzene rings is 1. The minimum absolute atomic E-state index is 0.110. The summed E-state index contributed by atoms with van der Waals surface area (Å²) in [7, 11) is -1.57. The highest BCUT2D eigenvalue weighted by molar-refractivity contribution is 7.90. The number of nitrogens with zero attached hydrogens (tertiary/aromatic N) is 5. The number of hydrogen-bond acceptors (Lipinski definition) is 8. The Labute approximate surface area is 215 Å². The van der Waals surface area contributed by atoms with E-state index >= 15 is 0 Å². The number of methoxy groups -OCH3 is 1. The Kier molecular flexibility index (Phi) is 8.16. The van der Waals surface area contributed by atoms with Crippen molar-refractivity contribution in [3.05, 3.63) is 53.1 Å². The van der Waals surface area contributed by atoms with Gasteiger partial charge >= 0.3 is 0 Å². The highest BCUT2D eigenvalue weighted by Gasteiger charge is 2.25. The molecule has 37 heavy (non-hydrogen) atoms. The molecule has 1 aliphatic carbocycles. The van der Waals surface area contributed by atoms with Gasteiger partial charge in [0.25, 0.3) is 5.91 Å². The summed E-state index contributed by atoms with van der Waals surface area (Å²) in [6.45, 7) is 2.57. The number of tetrazole rings is 1. The van der Waals surface area contributed by atoms with Crippen LogP contribution in [-0.4, -0.2) is 58.6 Å². The van der Waals surface area contributed by atoms with Crippen LogP contribution >= 0.6 is 0 Å². The molecule has 1 N–H and O–H groups in total. The lowest BCUT2D eigenvalue weighted by Crippen LogP contribution is -2.24. The van der Waals surface area contributed by atoms with Crippen LogP contribution in [0, 0.1) is 24.6 Å². The number of aromatic nitrogens is 5. The van der Waals surface area contributed by atoms with Crippen LogP contribution < -0.4 is 10.1 Å². The molecule has 0 atom stereocenters. The Morgan fingerprint density at radius 1 is 1.16 bits per heavy atom. The van der Waals surface area contributed by atoms with Gasteiger partial charge in [0, 0.05) is 24.1 Å². The lowest BCUT2D eigenvalue weighted by Gasteiger charge is -2.27. The van der Waals surface area contributed by atoms with Gasteiger partial charge < -0.3 is 10.1 Å². The largest absolute Gasteiger partial charge is 0.494 e. The minimum Gasteiger partial charge on any atom is -0.494 e. The summed E-state index contributed by atoms with van der Waals surface area (Å²) in [4.78, 5) is 18.7. The highest BCUT2D eigenvalue weighted by Crippen LogP contribution is 2.30. The van der Waals surface area contributed by atoms with E-state index in [0.717, 1.165) is 25.7 Å². The van der Waals surface area contributed by atoms with Crippen molar-refractivity contribution in [2.24, 2.45) is 11.8 Å². The molecule has 0 bridgehead atoms. The molecule has 2 aromatic heterocycles. The molecule has 0 saturated heterocycles. The molecule has 1 saturated carbocycles. The molecule has 2 heterocycles. The van der Waals surface area contributed by atoms with Crippen LogP contribution in [0.1, 0.15) is 47.4 Å². The lowest BCUT2D eigenvalue weighted by molar-refractivity contribution is 0.0945. The first kappa shape index (κ1) is 26.6. The normalized spacial score (nSPS) is 17.9. The van der Waals surface area contributed by atoms with Crippen molar-refractivity contribution >= 4 is 15.7 Å². The summed E-state index contributed by atoms with van der Waals surface area (Å²) >= 11 is 0. The molecule has 198 valence electrons. The van der Waals surface area contributed by atoms with E-state index in [0.29, 0.717) is 35.1 Å². The number of amides is 1. The van der Waals surface area contributed by atoms with Crippen molar-refractivity contribution in [1.82, 2.24) is 30.5 Å².